The zero-order valence-corrected chi connectivity index (χ0v) is 12.2. The summed E-state index contributed by atoms with van der Waals surface area (Å²) in [6, 6.07) is 6.02. The highest BCUT2D eigenvalue weighted by atomic mass is 32.2. The van der Waals surface area contributed by atoms with Crippen LogP contribution in [0.1, 0.15) is 19.8 Å². The van der Waals surface area contributed by atoms with Crippen LogP contribution in [0.15, 0.2) is 18.2 Å². The van der Waals surface area contributed by atoms with Gasteiger partial charge in [0.2, 0.25) is 5.95 Å². The highest BCUT2D eigenvalue weighted by Crippen LogP contribution is 2.49. The van der Waals surface area contributed by atoms with E-state index in [1.165, 1.54) is 12.8 Å². The molecule has 0 unspecified atom stereocenters. The van der Waals surface area contributed by atoms with E-state index in [0.717, 1.165) is 23.3 Å². The predicted molar refractivity (Wildman–Crippen MR) is 80.8 cm³/mol. The fraction of sp³-hybridized carbons (Fsp3) is 0.500. The van der Waals surface area contributed by atoms with Crippen molar-refractivity contribution in [3.8, 4) is 5.75 Å². The quantitative estimate of drug-likeness (QED) is 0.913. The molecule has 0 bridgehead atoms. The number of thioether (sulfide) groups is 1. The molecule has 1 heterocycles. The summed E-state index contributed by atoms with van der Waals surface area (Å²) < 4.78 is 8.11. The molecule has 5 heteroatoms. The molecule has 19 heavy (non-hydrogen) atoms. The number of fused-ring (bicyclic) bond motifs is 1. The Morgan fingerprint density at radius 1 is 1.47 bits per heavy atom. The van der Waals surface area contributed by atoms with E-state index in [0.29, 0.717) is 17.3 Å². The minimum Gasteiger partial charge on any atom is -0.492 e. The van der Waals surface area contributed by atoms with Crippen LogP contribution < -0.4 is 10.5 Å². The van der Waals surface area contributed by atoms with Gasteiger partial charge in [0, 0.05) is 11.3 Å². The normalized spacial score (nSPS) is 16.7. The van der Waals surface area contributed by atoms with E-state index in [4.69, 9.17) is 10.5 Å². The van der Waals surface area contributed by atoms with Gasteiger partial charge in [-0.25, -0.2) is 4.98 Å². The van der Waals surface area contributed by atoms with Gasteiger partial charge in [-0.1, -0.05) is 6.07 Å². The molecule has 3 rings (SSSR count). The fourth-order valence-corrected chi connectivity index (χ4v) is 3.20. The van der Waals surface area contributed by atoms with Gasteiger partial charge in [0.15, 0.2) is 0 Å². The second-order valence-corrected chi connectivity index (χ2v) is 6.27. The van der Waals surface area contributed by atoms with Crippen LogP contribution in [0, 0.1) is 0 Å². The van der Waals surface area contributed by atoms with Crippen LogP contribution in [0.5, 0.6) is 5.75 Å². The van der Waals surface area contributed by atoms with Crippen molar-refractivity contribution in [1.29, 1.82) is 0 Å². The summed E-state index contributed by atoms with van der Waals surface area (Å²) in [5, 5.41) is 0. The summed E-state index contributed by atoms with van der Waals surface area (Å²) in [5.41, 5.74) is 8.04. The first kappa shape index (κ1) is 12.7. The van der Waals surface area contributed by atoms with Crippen molar-refractivity contribution in [1.82, 2.24) is 9.55 Å². The van der Waals surface area contributed by atoms with Gasteiger partial charge in [0.05, 0.1) is 12.1 Å². The summed E-state index contributed by atoms with van der Waals surface area (Å²) >= 11 is 1.93. The lowest BCUT2D eigenvalue weighted by molar-refractivity contribution is 0.343. The van der Waals surface area contributed by atoms with Crippen molar-refractivity contribution in [3.63, 3.8) is 0 Å². The molecule has 1 fully saturated rings. The van der Waals surface area contributed by atoms with Gasteiger partial charge >= 0.3 is 0 Å². The van der Waals surface area contributed by atoms with Crippen LogP contribution in [0.3, 0.4) is 0 Å². The van der Waals surface area contributed by atoms with Crippen molar-refractivity contribution in [2.75, 3.05) is 18.6 Å². The molecule has 1 aliphatic carbocycles. The van der Waals surface area contributed by atoms with E-state index in [1.54, 1.807) is 0 Å². The van der Waals surface area contributed by atoms with E-state index in [2.05, 4.69) is 21.9 Å². The second-order valence-electron chi connectivity index (χ2n) is 5.00. The number of anilines is 1. The molecule has 1 aromatic heterocycles. The lowest BCUT2D eigenvalue weighted by Crippen LogP contribution is -2.15. The fourth-order valence-electron chi connectivity index (χ4n) is 2.43. The Labute approximate surface area is 117 Å². The van der Waals surface area contributed by atoms with E-state index in [-0.39, 0.29) is 0 Å². The number of aromatic nitrogens is 2. The van der Waals surface area contributed by atoms with Crippen molar-refractivity contribution in [3.05, 3.63) is 18.2 Å². The van der Waals surface area contributed by atoms with Gasteiger partial charge in [-0.05, 0) is 38.2 Å². The van der Waals surface area contributed by atoms with Crippen LogP contribution in [-0.4, -0.2) is 27.2 Å². The number of nitrogens with two attached hydrogens (primary N) is 1. The molecule has 4 nitrogen and oxygen atoms in total. The number of imidazole rings is 1. The highest BCUT2D eigenvalue weighted by Gasteiger charge is 2.42. The molecule has 2 aromatic rings. The SMILES string of the molecule is CCOc1cccc2c1nc(N)n2CC1(SC)CC1. The highest BCUT2D eigenvalue weighted by molar-refractivity contribution is 8.00. The summed E-state index contributed by atoms with van der Waals surface area (Å²) in [6.07, 6.45) is 4.70. The number of para-hydroxylation sites is 1. The first-order valence-corrected chi connectivity index (χ1v) is 7.84. The molecule has 2 N–H and O–H groups in total. The molecule has 1 aromatic carbocycles. The Morgan fingerprint density at radius 3 is 2.89 bits per heavy atom. The summed E-state index contributed by atoms with van der Waals surface area (Å²) in [4.78, 5) is 4.48. The number of benzene rings is 1. The van der Waals surface area contributed by atoms with Gasteiger partial charge in [-0.15, -0.1) is 0 Å². The summed E-state index contributed by atoms with van der Waals surface area (Å²) in [5.74, 6) is 1.40. The molecule has 0 radical (unpaired) electrons. The molecule has 0 spiro atoms. The van der Waals surface area contributed by atoms with Crippen LogP contribution in [-0.2, 0) is 6.54 Å². The van der Waals surface area contributed by atoms with Gasteiger partial charge in [0.25, 0.3) is 0 Å². The Hall–Kier alpha value is -1.36. The Kier molecular flexibility index (Phi) is 3.09. The number of nitrogen functional groups attached to an aromatic ring is 1. The van der Waals surface area contributed by atoms with Gasteiger partial charge in [-0.2, -0.15) is 11.8 Å². The monoisotopic (exact) mass is 277 g/mol. The average molecular weight is 277 g/mol. The summed E-state index contributed by atoms with van der Waals surface area (Å²) in [7, 11) is 0. The molecule has 1 saturated carbocycles. The van der Waals surface area contributed by atoms with Crippen molar-refractivity contribution in [2.24, 2.45) is 0 Å². The first-order chi connectivity index (χ1) is 9.19. The zero-order valence-electron chi connectivity index (χ0n) is 11.3. The Bertz CT molecular complexity index is 604. The number of nitrogens with zero attached hydrogens (tertiary/aromatic N) is 2. The van der Waals surface area contributed by atoms with Crippen molar-refractivity contribution >= 4 is 28.7 Å². The van der Waals surface area contributed by atoms with E-state index >= 15 is 0 Å². The maximum Gasteiger partial charge on any atom is 0.201 e. The van der Waals surface area contributed by atoms with Gasteiger partial charge in [0.1, 0.15) is 11.3 Å². The van der Waals surface area contributed by atoms with E-state index in [9.17, 15) is 0 Å². The molecule has 1 aliphatic rings. The van der Waals surface area contributed by atoms with Gasteiger partial charge in [-0.3, -0.25) is 0 Å². The largest absolute Gasteiger partial charge is 0.492 e. The molecule has 0 aliphatic heterocycles. The zero-order chi connectivity index (χ0) is 13.5. The lowest BCUT2D eigenvalue weighted by Gasteiger charge is -2.14. The third-order valence-corrected chi connectivity index (χ3v) is 5.16. The van der Waals surface area contributed by atoms with Crippen LogP contribution in [0.4, 0.5) is 5.95 Å². The molecular weight excluding hydrogens is 258 g/mol. The molecule has 102 valence electrons. The van der Waals surface area contributed by atoms with Crippen LogP contribution in [0.2, 0.25) is 0 Å². The topological polar surface area (TPSA) is 53.1 Å². The smallest absolute Gasteiger partial charge is 0.201 e. The maximum atomic E-state index is 6.10. The molecular formula is C14H19N3OS. The average Bonchev–Trinajstić information content (AvgIpc) is 3.12. The molecule has 0 atom stereocenters. The predicted octanol–water partition coefficient (Wildman–Crippen LogP) is 2.91. The van der Waals surface area contributed by atoms with Gasteiger partial charge < -0.3 is 15.0 Å². The Morgan fingerprint density at radius 2 is 2.26 bits per heavy atom. The van der Waals surface area contributed by atoms with E-state index < -0.39 is 0 Å². The maximum absolute atomic E-state index is 6.10. The molecule has 0 amide bonds. The Balaban J connectivity index is 2.04. The third-order valence-electron chi connectivity index (χ3n) is 3.76. The second kappa shape index (κ2) is 4.63. The first-order valence-electron chi connectivity index (χ1n) is 6.62. The third kappa shape index (κ3) is 2.16. The molecule has 0 saturated heterocycles. The van der Waals surface area contributed by atoms with E-state index in [1.807, 2.05) is 30.8 Å². The van der Waals surface area contributed by atoms with Crippen LogP contribution in [0.25, 0.3) is 11.0 Å². The minimum atomic E-state index is 0.364. The van der Waals surface area contributed by atoms with Crippen molar-refractivity contribution in [2.45, 2.75) is 31.1 Å². The standard InChI is InChI=1S/C14H19N3OS/c1-3-18-11-6-4-5-10-12(11)16-13(15)17(10)9-14(19-2)7-8-14/h4-6H,3,7-9H2,1-2H3,(H2,15,16). The lowest BCUT2D eigenvalue weighted by atomic mass is 10.3. The van der Waals surface area contributed by atoms with Crippen molar-refractivity contribution < 1.29 is 4.74 Å². The number of ether oxygens (including phenoxy) is 1. The number of hydrogen-bond acceptors (Lipinski definition) is 4. The minimum absolute atomic E-state index is 0.364. The number of rotatable bonds is 5. The van der Waals surface area contributed by atoms with Crippen LogP contribution >= 0.6 is 11.8 Å². The number of hydrogen-bond donors (Lipinski definition) is 1. The summed E-state index contributed by atoms with van der Waals surface area (Å²) in [6.45, 7) is 3.55.